The molecule has 0 aliphatic heterocycles. The maximum atomic E-state index is 13.8. The maximum Gasteiger partial charge on any atom is 0.165 e. The lowest BCUT2D eigenvalue weighted by atomic mass is 10.2. The molecule has 19 heavy (non-hydrogen) atoms. The van der Waals surface area contributed by atoms with Crippen LogP contribution in [-0.2, 0) is 13.2 Å². The Morgan fingerprint density at radius 3 is 2.89 bits per heavy atom. The zero-order valence-electron chi connectivity index (χ0n) is 11.1. The number of thiazole rings is 1. The molecular weight excluding hydrogens is 263 g/mol. The van der Waals surface area contributed by atoms with Crippen molar-refractivity contribution in [3.8, 4) is 5.75 Å². The molecule has 1 heterocycles. The topological polar surface area (TPSA) is 34.1 Å². The third-order valence-corrected chi connectivity index (χ3v) is 3.53. The van der Waals surface area contributed by atoms with E-state index in [9.17, 15) is 4.39 Å². The molecule has 2 aromatic rings. The fourth-order valence-corrected chi connectivity index (χ4v) is 2.33. The maximum absolute atomic E-state index is 13.8. The van der Waals surface area contributed by atoms with Crippen molar-refractivity contribution in [3.63, 3.8) is 0 Å². The van der Waals surface area contributed by atoms with Gasteiger partial charge in [0.1, 0.15) is 11.6 Å². The van der Waals surface area contributed by atoms with Crippen molar-refractivity contribution < 1.29 is 9.13 Å². The number of halogens is 1. The second kappa shape index (κ2) is 6.63. The van der Waals surface area contributed by atoms with Crippen molar-refractivity contribution in [2.45, 2.75) is 27.0 Å². The van der Waals surface area contributed by atoms with E-state index in [4.69, 9.17) is 4.74 Å². The lowest BCUT2D eigenvalue weighted by Gasteiger charge is -2.07. The van der Waals surface area contributed by atoms with Gasteiger partial charge in [0.2, 0.25) is 0 Å². The van der Waals surface area contributed by atoms with Crippen molar-refractivity contribution in [1.29, 1.82) is 0 Å². The van der Waals surface area contributed by atoms with Crippen LogP contribution in [0.2, 0.25) is 0 Å². The number of hydrogen-bond acceptors (Lipinski definition) is 4. The van der Waals surface area contributed by atoms with Crippen molar-refractivity contribution >= 4 is 11.3 Å². The minimum atomic E-state index is -0.330. The summed E-state index contributed by atoms with van der Waals surface area (Å²) in [6.45, 7) is 5.78. The molecule has 102 valence electrons. The smallest absolute Gasteiger partial charge is 0.165 e. The van der Waals surface area contributed by atoms with Gasteiger partial charge >= 0.3 is 0 Å². The minimum Gasteiger partial charge on any atom is -0.483 e. The van der Waals surface area contributed by atoms with Gasteiger partial charge in [-0.05, 0) is 31.2 Å². The van der Waals surface area contributed by atoms with Gasteiger partial charge in [-0.2, -0.15) is 0 Å². The molecule has 2 rings (SSSR count). The molecular formula is C14H17FN2OS. The summed E-state index contributed by atoms with van der Waals surface area (Å²) in [5.41, 5.74) is 1.88. The van der Waals surface area contributed by atoms with Crippen molar-refractivity contribution in [2.24, 2.45) is 0 Å². The SMILES string of the molecule is CCNCc1ccc(OCc2nc(C)cs2)c(F)c1. The molecule has 0 fully saturated rings. The van der Waals surface area contributed by atoms with E-state index in [1.807, 2.05) is 25.3 Å². The summed E-state index contributed by atoms with van der Waals surface area (Å²) < 4.78 is 19.3. The molecule has 0 saturated heterocycles. The summed E-state index contributed by atoms with van der Waals surface area (Å²) in [6, 6.07) is 5.04. The van der Waals surface area contributed by atoms with Gasteiger partial charge in [-0.25, -0.2) is 9.37 Å². The fraction of sp³-hybridized carbons (Fsp3) is 0.357. The van der Waals surface area contributed by atoms with Gasteiger partial charge in [0.05, 0.1) is 0 Å². The molecule has 0 amide bonds. The van der Waals surface area contributed by atoms with Crippen molar-refractivity contribution in [3.05, 3.63) is 45.7 Å². The normalized spacial score (nSPS) is 10.7. The summed E-state index contributed by atoms with van der Waals surface area (Å²) in [4.78, 5) is 4.27. The fourth-order valence-electron chi connectivity index (χ4n) is 1.65. The first-order chi connectivity index (χ1) is 9.19. The first kappa shape index (κ1) is 14.0. The van der Waals surface area contributed by atoms with Crippen LogP contribution in [0.25, 0.3) is 0 Å². The van der Waals surface area contributed by atoms with E-state index in [0.29, 0.717) is 13.2 Å². The predicted molar refractivity (Wildman–Crippen MR) is 75.0 cm³/mol. The molecule has 3 nitrogen and oxygen atoms in total. The Morgan fingerprint density at radius 1 is 1.42 bits per heavy atom. The number of aryl methyl sites for hydroxylation is 1. The molecule has 0 radical (unpaired) electrons. The third kappa shape index (κ3) is 4.01. The average Bonchev–Trinajstić information content (AvgIpc) is 2.81. The largest absolute Gasteiger partial charge is 0.483 e. The Morgan fingerprint density at radius 2 is 2.26 bits per heavy atom. The molecule has 0 aliphatic rings. The predicted octanol–water partition coefficient (Wildman–Crippen LogP) is 3.28. The van der Waals surface area contributed by atoms with Crippen LogP contribution in [0.5, 0.6) is 5.75 Å². The Hall–Kier alpha value is -1.46. The van der Waals surface area contributed by atoms with Crippen LogP contribution in [0.3, 0.4) is 0 Å². The third-order valence-electron chi connectivity index (χ3n) is 2.59. The summed E-state index contributed by atoms with van der Waals surface area (Å²) in [5, 5.41) is 5.96. The quantitative estimate of drug-likeness (QED) is 0.881. The lowest BCUT2D eigenvalue weighted by molar-refractivity contribution is 0.289. The minimum absolute atomic E-state index is 0.271. The molecule has 5 heteroatoms. The Labute approximate surface area is 116 Å². The van der Waals surface area contributed by atoms with E-state index in [0.717, 1.165) is 22.8 Å². The van der Waals surface area contributed by atoms with Crippen molar-refractivity contribution in [2.75, 3.05) is 6.54 Å². The van der Waals surface area contributed by atoms with Gasteiger partial charge < -0.3 is 10.1 Å². The molecule has 0 bridgehead atoms. The average molecular weight is 280 g/mol. The van der Waals surface area contributed by atoms with E-state index in [-0.39, 0.29) is 11.6 Å². The second-order valence-corrected chi connectivity index (χ2v) is 5.16. The summed E-state index contributed by atoms with van der Waals surface area (Å²) in [5.74, 6) is -0.0585. The van der Waals surface area contributed by atoms with Crippen LogP contribution in [0.15, 0.2) is 23.6 Å². The zero-order chi connectivity index (χ0) is 13.7. The Balaban J connectivity index is 1.96. The summed E-state index contributed by atoms with van der Waals surface area (Å²) >= 11 is 1.52. The van der Waals surface area contributed by atoms with Crippen LogP contribution in [-0.4, -0.2) is 11.5 Å². The van der Waals surface area contributed by atoms with Gasteiger partial charge in [-0.3, -0.25) is 0 Å². The first-order valence-corrected chi connectivity index (χ1v) is 7.10. The van der Waals surface area contributed by atoms with E-state index in [1.54, 1.807) is 6.07 Å². The lowest BCUT2D eigenvalue weighted by Crippen LogP contribution is -2.11. The molecule has 1 N–H and O–H groups in total. The van der Waals surface area contributed by atoms with Crippen LogP contribution >= 0.6 is 11.3 Å². The second-order valence-electron chi connectivity index (χ2n) is 4.22. The summed E-state index contributed by atoms with van der Waals surface area (Å²) in [6.07, 6.45) is 0. The van der Waals surface area contributed by atoms with E-state index < -0.39 is 0 Å². The van der Waals surface area contributed by atoms with E-state index >= 15 is 0 Å². The van der Waals surface area contributed by atoms with Gasteiger partial charge in [0.15, 0.2) is 11.6 Å². The number of benzene rings is 1. The monoisotopic (exact) mass is 280 g/mol. The number of rotatable bonds is 6. The standard InChI is InChI=1S/C14H17FN2OS/c1-3-16-7-11-4-5-13(12(15)6-11)18-8-14-17-10(2)9-19-14/h4-6,9,16H,3,7-8H2,1-2H3. The van der Waals surface area contributed by atoms with E-state index in [1.165, 1.54) is 17.4 Å². The van der Waals surface area contributed by atoms with Gasteiger partial charge in [0, 0.05) is 17.6 Å². The Kier molecular flexibility index (Phi) is 4.87. The van der Waals surface area contributed by atoms with Crippen molar-refractivity contribution in [1.82, 2.24) is 10.3 Å². The Bertz CT molecular complexity index is 542. The zero-order valence-corrected chi connectivity index (χ0v) is 11.9. The number of hydrogen-bond donors (Lipinski definition) is 1. The van der Waals surface area contributed by atoms with Gasteiger partial charge in [-0.15, -0.1) is 11.3 Å². The number of nitrogens with one attached hydrogen (secondary N) is 1. The highest BCUT2D eigenvalue weighted by molar-refractivity contribution is 7.09. The van der Waals surface area contributed by atoms with Gasteiger partial charge in [0.25, 0.3) is 0 Å². The van der Waals surface area contributed by atoms with Crippen LogP contribution < -0.4 is 10.1 Å². The molecule has 0 atom stereocenters. The van der Waals surface area contributed by atoms with Gasteiger partial charge in [-0.1, -0.05) is 13.0 Å². The molecule has 1 aromatic heterocycles. The van der Waals surface area contributed by atoms with Crippen LogP contribution in [0.1, 0.15) is 23.2 Å². The highest BCUT2D eigenvalue weighted by atomic mass is 32.1. The molecule has 0 unspecified atom stereocenters. The number of ether oxygens (including phenoxy) is 1. The highest BCUT2D eigenvalue weighted by Gasteiger charge is 2.06. The summed E-state index contributed by atoms with van der Waals surface area (Å²) in [7, 11) is 0. The number of nitrogens with zero attached hydrogens (tertiary/aromatic N) is 1. The molecule has 0 saturated carbocycles. The van der Waals surface area contributed by atoms with Crippen LogP contribution in [0.4, 0.5) is 4.39 Å². The first-order valence-electron chi connectivity index (χ1n) is 6.22. The van der Waals surface area contributed by atoms with Crippen LogP contribution in [0, 0.1) is 12.7 Å². The molecule has 0 spiro atoms. The molecule has 0 aliphatic carbocycles. The number of aromatic nitrogens is 1. The molecule has 1 aromatic carbocycles. The van der Waals surface area contributed by atoms with E-state index in [2.05, 4.69) is 10.3 Å². The highest BCUT2D eigenvalue weighted by Crippen LogP contribution is 2.20.